The molecule has 1 aliphatic carbocycles. The van der Waals surface area contributed by atoms with Crippen molar-refractivity contribution in [2.75, 3.05) is 13.1 Å². The van der Waals surface area contributed by atoms with Crippen molar-refractivity contribution in [1.82, 2.24) is 10.2 Å². The summed E-state index contributed by atoms with van der Waals surface area (Å²) in [6, 6.07) is 0. The van der Waals surface area contributed by atoms with Gasteiger partial charge in [-0.1, -0.05) is 20.8 Å². The number of carbonyl (C=O) groups is 2. The van der Waals surface area contributed by atoms with Crippen molar-refractivity contribution in [1.29, 1.82) is 0 Å². The van der Waals surface area contributed by atoms with Crippen LogP contribution >= 0.6 is 0 Å². The Balaban J connectivity index is 2.15. The topological polar surface area (TPSA) is 49.4 Å². The first-order chi connectivity index (χ1) is 8.51. The van der Waals surface area contributed by atoms with Gasteiger partial charge in [0.2, 0.25) is 11.8 Å². The van der Waals surface area contributed by atoms with Crippen LogP contribution in [0.5, 0.6) is 0 Å². The van der Waals surface area contributed by atoms with Gasteiger partial charge in [0.1, 0.15) is 5.54 Å². The number of rotatable bonds is 5. The molecule has 0 aromatic rings. The summed E-state index contributed by atoms with van der Waals surface area (Å²) in [4.78, 5) is 26.2. The van der Waals surface area contributed by atoms with Crippen LogP contribution in [-0.4, -0.2) is 35.3 Å². The highest BCUT2D eigenvalue weighted by Crippen LogP contribution is 2.49. The van der Waals surface area contributed by atoms with Crippen LogP contribution in [-0.2, 0) is 9.59 Å². The lowest BCUT2D eigenvalue weighted by atomic mass is 9.88. The number of nitrogens with one attached hydrogen (secondary N) is 1. The van der Waals surface area contributed by atoms with E-state index in [2.05, 4.69) is 12.2 Å². The SMILES string of the molecule is CCC1(CN2CC(=O)NC(CC)(CC)C2=O)CC1. The van der Waals surface area contributed by atoms with E-state index in [4.69, 9.17) is 0 Å². The van der Waals surface area contributed by atoms with Crippen LogP contribution in [0.4, 0.5) is 0 Å². The summed E-state index contributed by atoms with van der Waals surface area (Å²) in [7, 11) is 0. The van der Waals surface area contributed by atoms with E-state index >= 15 is 0 Å². The van der Waals surface area contributed by atoms with Crippen LogP contribution in [0.15, 0.2) is 0 Å². The summed E-state index contributed by atoms with van der Waals surface area (Å²) < 4.78 is 0. The normalized spacial score (nSPS) is 24.9. The molecule has 2 fully saturated rings. The first-order valence-electron chi connectivity index (χ1n) is 7.11. The summed E-state index contributed by atoms with van der Waals surface area (Å²) in [5.74, 6) is 0.108. The van der Waals surface area contributed by atoms with Crippen molar-refractivity contribution in [3.63, 3.8) is 0 Å². The maximum Gasteiger partial charge on any atom is 0.248 e. The maximum absolute atomic E-state index is 12.6. The van der Waals surface area contributed by atoms with Crippen LogP contribution < -0.4 is 5.32 Å². The minimum Gasteiger partial charge on any atom is -0.340 e. The number of hydrogen-bond acceptors (Lipinski definition) is 2. The summed E-state index contributed by atoms with van der Waals surface area (Å²) in [6.45, 7) is 7.12. The van der Waals surface area contributed by atoms with Crippen LogP contribution in [0.3, 0.4) is 0 Å². The smallest absolute Gasteiger partial charge is 0.248 e. The van der Waals surface area contributed by atoms with Gasteiger partial charge in [0.05, 0.1) is 6.54 Å². The van der Waals surface area contributed by atoms with E-state index in [1.165, 1.54) is 12.8 Å². The van der Waals surface area contributed by atoms with Crippen molar-refractivity contribution >= 4 is 11.8 Å². The average Bonchev–Trinajstić information content (AvgIpc) is 3.14. The number of carbonyl (C=O) groups excluding carboxylic acids is 2. The second kappa shape index (κ2) is 4.56. The van der Waals surface area contributed by atoms with E-state index in [1.54, 1.807) is 4.90 Å². The van der Waals surface area contributed by atoms with Crippen LogP contribution in [0, 0.1) is 5.41 Å². The molecule has 0 atom stereocenters. The third-order valence-corrected chi connectivity index (χ3v) is 4.85. The van der Waals surface area contributed by atoms with E-state index < -0.39 is 5.54 Å². The summed E-state index contributed by atoms with van der Waals surface area (Å²) >= 11 is 0. The third-order valence-electron chi connectivity index (χ3n) is 4.85. The van der Waals surface area contributed by atoms with Crippen molar-refractivity contribution in [2.45, 2.75) is 58.4 Å². The van der Waals surface area contributed by atoms with Gasteiger partial charge in [-0.15, -0.1) is 0 Å². The highest BCUT2D eigenvalue weighted by molar-refractivity contribution is 5.98. The zero-order chi connectivity index (χ0) is 13.4. The van der Waals surface area contributed by atoms with Gasteiger partial charge in [-0.2, -0.15) is 0 Å². The molecule has 102 valence electrons. The van der Waals surface area contributed by atoms with Gasteiger partial charge in [0.25, 0.3) is 0 Å². The summed E-state index contributed by atoms with van der Waals surface area (Å²) in [6.07, 6.45) is 4.83. The number of piperazine rings is 1. The van der Waals surface area contributed by atoms with Gasteiger partial charge >= 0.3 is 0 Å². The van der Waals surface area contributed by atoms with E-state index in [0.29, 0.717) is 18.3 Å². The molecule has 0 unspecified atom stereocenters. The van der Waals surface area contributed by atoms with Gasteiger partial charge in [0.15, 0.2) is 0 Å². The Labute approximate surface area is 109 Å². The third kappa shape index (κ3) is 2.13. The number of nitrogens with zero attached hydrogens (tertiary/aromatic N) is 1. The van der Waals surface area contributed by atoms with Crippen molar-refractivity contribution in [3.05, 3.63) is 0 Å². The molecule has 1 aliphatic heterocycles. The fraction of sp³-hybridized carbons (Fsp3) is 0.857. The Morgan fingerprint density at radius 1 is 1.11 bits per heavy atom. The lowest BCUT2D eigenvalue weighted by Crippen LogP contribution is -2.66. The molecule has 1 saturated heterocycles. The molecule has 4 heteroatoms. The molecule has 18 heavy (non-hydrogen) atoms. The summed E-state index contributed by atoms with van der Waals surface area (Å²) in [5.41, 5.74) is -0.348. The molecule has 0 bridgehead atoms. The average molecular weight is 252 g/mol. The highest BCUT2D eigenvalue weighted by Gasteiger charge is 2.49. The van der Waals surface area contributed by atoms with Crippen LogP contribution in [0.2, 0.25) is 0 Å². The Hall–Kier alpha value is -1.06. The monoisotopic (exact) mass is 252 g/mol. The molecular formula is C14H24N2O2. The molecule has 2 rings (SSSR count). The van der Waals surface area contributed by atoms with Gasteiger partial charge < -0.3 is 10.2 Å². The Morgan fingerprint density at radius 3 is 2.17 bits per heavy atom. The minimum atomic E-state index is -0.654. The van der Waals surface area contributed by atoms with Gasteiger partial charge in [-0.05, 0) is 37.5 Å². The number of hydrogen-bond donors (Lipinski definition) is 1. The first-order valence-corrected chi connectivity index (χ1v) is 7.11. The zero-order valence-electron chi connectivity index (χ0n) is 11.7. The lowest BCUT2D eigenvalue weighted by molar-refractivity contribution is -0.151. The molecule has 2 amide bonds. The summed E-state index contributed by atoms with van der Waals surface area (Å²) in [5, 5.41) is 2.90. The second-order valence-electron chi connectivity index (χ2n) is 5.85. The fourth-order valence-electron chi connectivity index (χ4n) is 2.97. The molecule has 1 saturated carbocycles. The number of amides is 2. The maximum atomic E-state index is 12.6. The molecular weight excluding hydrogens is 228 g/mol. The van der Waals surface area contributed by atoms with Crippen LogP contribution in [0.25, 0.3) is 0 Å². The molecule has 0 spiro atoms. The molecule has 2 aliphatic rings. The van der Waals surface area contributed by atoms with Crippen molar-refractivity contribution in [3.8, 4) is 0 Å². The van der Waals surface area contributed by atoms with Crippen molar-refractivity contribution in [2.24, 2.45) is 5.41 Å². The molecule has 0 aromatic heterocycles. The van der Waals surface area contributed by atoms with Gasteiger partial charge in [-0.25, -0.2) is 0 Å². The van der Waals surface area contributed by atoms with Crippen LogP contribution in [0.1, 0.15) is 52.9 Å². The highest BCUT2D eigenvalue weighted by atomic mass is 16.2. The van der Waals surface area contributed by atoms with E-state index in [0.717, 1.165) is 13.0 Å². The minimum absolute atomic E-state index is 0.00907. The first kappa shape index (κ1) is 13.4. The van der Waals surface area contributed by atoms with Crippen molar-refractivity contribution < 1.29 is 9.59 Å². The quantitative estimate of drug-likeness (QED) is 0.809. The Bertz CT molecular complexity index is 357. The molecule has 4 nitrogen and oxygen atoms in total. The molecule has 1 N–H and O–H groups in total. The lowest BCUT2D eigenvalue weighted by Gasteiger charge is -2.42. The predicted molar refractivity (Wildman–Crippen MR) is 70.0 cm³/mol. The van der Waals surface area contributed by atoms with Gasteiger partial charge in [-0.3, -0.25) is 9.59 Å². The zero-order valence-corrected chi connectivity index (χ0v) is 11.7. The Morgan fingerprint density at radius 2 is 1.72 bits per heavy atom. The predicted octanol–water partition coefficient (Wildman–Crippen LogP) is 1.69. The van der Waals surface area contributed by atoms with E-state index in [9.17, 15) is 9.59 Å². The second-order valence-corrected chi connectivity index (χ2v) is 5.85. The molecule has 0 radical (unpaired) electrons. The standard InChI is InChI=1S/C14H24N2O2/c1-4-13(7-8-13)10-16-9-11(17)15-14(5-2,6-3)12(16)18/h4-10H2,1-3H3,(H,15,17). The Kier molecular flexibility index (Phi) is 3.39. The van der Waals surface area contributed by atoms with E-state index in [1.807, 2.05) is 13.8 Å². The molecule has 0 aromatic carbocycles. The fourth-order valence-corrected chi connectivity index (χ4v) is 2.97. The van der Waals surface area contributed by atoms with Gasteiger partial charge in [0, 0.05) is 6.54 Å². The largest absolute Gasteiger partial charge is 0.340 e. The van der Waals surface area contributed by atoms with E-state index in [-0.39, 0.29) is 18.4 Å². The molecule has 1 heterocycles.